The van der Waals surface area contributed by atoms with E-state index < -0.39 is 5.97 Å². The van der Waals surface area contributed by atoms with Crippen LogP contribution in [0.3, 0.4) is 0 Å². The first-order chi connectivity index (χ1) is 8.58. The van der Waals surface area contributed by atoms with Crippen molar-refractivity contribution in [3.63, 3.8) is 0 Å². The van der Waals surface area contributed by atoms with Gasteiger partial charge >= 0.3 is 5.97 Å². The van der Waals surface area contributed by atoms with Crippen LogP contribution in [0.4, 0.5) is 5.00 Å². The van der Waals surface area contributed by atoms with Crippen molar-refractivity contribution < 1.29 is 9.53 Å². The summed E-state index contributed by atoms with van der Waals surface area (Å²) in [7, 11) is 1.26. The highest BCUT2D eigenvalue weighted by molar-refractivity contribution is 7.40. The summed E-state index contributed by atoms with van der Waals surface area (Å²) in [5.74, 6) is -0.628. The second kappa shape index (κ2) is 5.26. The molecule has 2 heterocycles. The molecule has 0 aromatic carbocycles. The zero-order chi connectivity index (χ0) is 13.3. The van der Waals surface area contributed by atoms with Crippen LogP contribution in [0, 0.1) is 0 Å². The third kappa shape index (κ3) is 2.23. The molecule has 0 aliphatic carbocycles. The zero-order valence-electron chi connectivity index (χ0n) is 9.70. The Bertz CT molecular complexity index is 662. The third-order valence-electron chi connectivity index (χ3n) is 2.29. The first-order valence-corrected chi connectivity index (χ1v) is 7.18. The highest BCUT2D eigenvalue weighted by Crippen LogP contribution is 2.35. The Hall–Kier alpha value is -1.11. The lowest BCUT2D eigenvalue weighted by atomic mass is 10.2. The molecule has 7 heteroatoms. The lowest BCUT2D eigenvalue weighted by Crippen LogP contribution is -2.18. The molecule has 0 aliphatic heterocycles. The van der Waals surface area contributed by atoms with Crippen LogP contribution in [0.1, 0.15) is 17.3 Å². The van der Waals surface area contributed by atoms with Crippen molar-refractivity contribution in [3.05, 3.63) is 26.2 Å². The molecule has 2 rings (SSSR count). The van der Waals surface area contributed by atoms with Crippen LogP contribution in [0.15, 0.2) is 10.9 Å². The van der Waals surface area contributed by atoms with Gasteiger partial charge in [0.15, 0.2) is 0 Å². The summed E-state index contributed by atoms with van der Waals surface area (Å²) < 4.78 is 5.99. The molecule has 0 amide bonds. The molecule has 0 unspecified atom stereocenters. The molecule has 1 N–H and O–H groups in total. The van der Waals surface area contributed by atoms with E-state index in [1.165, 1.54) is 29.8 Å². The molecule has 96 valence electrons. The second-order valence-electron chi connectivity index (χ2n) is 3.41. The highest BCUT2D eigenvalue weighted by atomic mass is 35.5. The van der Waals surface area contributed by atoms with Gasteiger partial charge in [-0.05, 0) is 13.0 Å². The Kier molecular flexibility index (Phi) is 3.89. The average molecular weight is 304 g/mol. The van der Waals surface area contributed by atoms with Crippen LogP contribution >= 0.6 is 34.3 Å². The molecule has 0 spiro atoms. The van der Waals surface area contributed by atoms with Gasteiger partial charge in [0.2, 0.25) is 5.43 Å². The van der Waals surface area contributed by atoms with E-state index in [4.69, 9.17) is 11.6 Å². The fourth-order valence-electron chi connectivity index (χ4n) is 1.53. The number of rotatable bonds is 3. The van der Waals surface area contributed by atoms with E-state index in [0.717, 1.165) is 4.01 Å². The number of fused-ring (bicyclic) bond motifs is 1. The quantitative estimate of drug-likeness (QED) is 0.885. The molecule has 0 saturated heterocycles. The van der Waals surface area contributed by atoms with Crippen LogP contribution in [0.5, 0.6) is 0 Å². The molecule has 0 fully saturated rings. The van der Waals surface area contributed by atoms with Crippen molar-refractivity contribution in [1.82, 2.24) is 0 Å². The Morgan fingerprint density at radius 1 is 1.50 bits per heavy atom. The van der Waals surface area contributed by atoms with Gasteiger partial charge in [-0.2, -0.15) is 0 Å². The molecule has 0 aliphatic rings. The maximum Gasteiger partial charge on any atom is 0.344 e. The van der Waals surface area contributed by atoms with Gasteiger partial charge < -0.3 is 10.1 Å². The topological polar surface area (TPSA) is 55.4 Å². The standard InChI is InChI=1S/C11H10ClNO3S2/c1-3-13-9-7(10(15)16-2)8(14)5-4-6(12)17-11(5)18-9/h4,13H,3H2,1-2H3. The summed E-state index contributed by atoms with van der Waals surface area (Å²) in [6.45, 7) is 2.51. The zero-order valence-corrected chi connectivity index (χ0v) is 12.1. The number of ether oxygens (including phenoxy) is 1. The summed E-state index contributed by atoms with van der Waals surface area (Å²) >= 11 is 8.57. The molecule has 0 atom stereocenters. The molecule has 0 radical (unpaired) electrons. The van der Waals surface area contributed by atoms with Gasteiger partial charge in [-0.3, -0.25) is 4.79 Å². The molecule has 2 aromatic heterocycles. The highest BCUT2D eigenvalue weighted by Gasteiger charge is 2.21. The van der Waals surface area contributed by atoms with Crippen molar-refractivity contribution in [3.8, 4) is 0 Å². The summed E-state index contributed by atoms with van der Waals surface area (Å²) in [5, 5.41) is 4.01. The number of carbonyl (C=O) groups is 1. The Morgan fingerprint density at radius 3 is 2.83 bits per heavy atom. The fraction of sp³-hybridized carbons (Fsp3) is 0.273. The van der Waals surface area contributed by atoms with Gasteiger partial charge in [0.25, 0.3) is 0 Å². The summed E-state index contributed by atoms with van der Waals surface area (Å²) in [6.07, 6.45) is 0. The normalized spacial score (nSPS) is 10.6. The minimum atomic E-state index is -0.628. The minimum absolute atomic E-state index is 0.0475. The van der Waals surface area contributed by atoms with E-state index in [0.29, 0.717) is 21.3 Å². The number of hydrogen-bond donors (Lipinski definition) is 1. The summed E-state index contributed by atoms with van der Waals surface area (Å²) in [5.41, 5.74) is -0.291. The number of carbonyl (C=O) groups excluding carboxylic acids is 1. The predicted octanol–water partition coefficient (Wildman–Crippen LogP) is 3.19. The first-order valence-electron chi connectivity index (χ1n) is 5.16. The smallest absolute Gasteiger partial charge is 0.344 e. The van der Waals surface area contributed by atoms with Gasteiger partial charge in [0.1, 0.15) is 10.6 Å². The van der Waals surface area contributed by atoms with Crippen LogP contribution < -0.4 is 10.7 Å². The fourth-order valence-corrected chi connectivity index (χ4v) is 4.25. The maximum atomic E-state index is 12.3. The summed E-state index contributed by atoms with van der Waals surface area (Å²) in [6, 6.07) is 1.59. The van der Waals surface area contributed by atoms with E-state index in [2.05, 4.69) is 10.1 Å². The molecule has 2 aromatic rings. The van der Waals surface area contributed by atoms with Crippen LogP contribution in [-0.2, 0) is 4.74 Å². The third-order valence-corrected chi connectivity index (χ3v) is 4.80. The number of hydrogen-bond acceptors (Lipinski definition) is 6. The van der Waals surface area contributed by atoms with E-state index in [9.17, 15) is 9.59 Å². The predicted molar refractivity (Wildman–Crippen MR) is 76.5 cm³/mol. The van der Waals surface area contributed by atoms with E-state index in [1.807, 2.05) is 6.92 Å². The Balaban J connectivity index is 2.78. The van der Waals surface area contributed by atoms with Crippen molar-refractivity contribution in [2.24, 2.45) is 0 Å². The lowest BCUT2D eigenvalue weighted by Gasteiger charge is -2.07. The number of methoxy groups -OCH3 is 1. The Labute approximate surface area is 116 Å². The van der Waals surface area contributed by atoms with Gasteiger partial charge in [0.05, 0.1) is 20.8 Å². The van der Waals surface area contributed by atoms with Crippen LogP contribution in [0.25, 0.3) is 9.40 Å². The number of esters is 1. The van der Waals surface area contributed by atoms with Crippen LogP contribution in [-0.4, -0.2) is 19.6 Å². The Morgan fingerprint density at radius 2 is 2.22 bits per heavy atom. The largest absolute Gasteiger partial charge is 0.465 e. The van der Waals surface area contributed by atoms with Crippen molar-refractivity contribution in [1.29, 1.82) is 0 Å². The van der Waals surface area contributed by atoms with Crippen LogP contribution in [0.2, 0.25) is 4.34 Å². The number of anilines is 1. The van der Waals surface area contributed by atoms with Crippen molar-refractivity contribution in [2.45, 2.75) is 6.92 Å². The molecule has 0 bridgehead atoms. The van der Waals surface area contributed by atoms with Gasteiger partial charge in [0, 0.05) is 6.54 Å². The molecular formula is C11H10ClNO3S2. The molecule has 18 heavy (non-hydrogen) atoms. The molecule has 0 saturated carbocycles. The molecular weight excluding hydrogens is 294 g/mol. The van der Waals surface area contributed by atoms with Gasteiger partial charge in [-0.25, -0.2) is 4.79 Å². The minimum Gasteiger partial charge on any atom is -0.465 e. The number of thiophene rings is 1. The average Bonchev–Trinajstić information content (AvgIpc) is 2.70. The number of halogens is 1. The molecule has 4 nitrogen and oxygen atoms in total. The SMILES string of the molecule is CCNc1sc2sc(Cl)cc2c(=O)c1C(=O)OC. The lowest BCUT2D eigenvalue weighted by molar-refractivity contribution is 0.0601. The summed E-state index contributed by atoms with van der Waals surface area (Å²) in [4.78, 5) is 23.9. The monoisotopic (exact) mass is 303 g/mol. The van der Waals surface area contributed by atoms with Gasteiger partial charge in [-0.1, -0.05) is 11.6 Å². The van der Waals surface area contributed by atoms with Crippen molar-refractivity contribution in [2.75, 3.05) is 19.0 Å². The van der Waals surface area contributed by atoms with E-state index >= 15 is 0 Å². The second-order valence-corrected chi connectivity index (χ2v) is 6.37. The first kappa shape index (κ1) is 13.3. The van der Waals surface area contributed by atoms with Crippen molar-refractivity contribution >= 4 is 54.6 Å². The number of nitrogens with one attached hydrogen (secondary N) is 1. The van der Waals surface area contributed by atoms with Gasteiger partial charge in [-0.15, -0.1) is 22.7 Å². The van der Waals surface area contributed by atoms with E-state index in [-0.39, 0.29) is 11.0 Å². The maximum absolute atomic E-state index is 12.3. The van der Waals surface area contributed by atoms with E-state index in [1.54, 1.807) is 6.07 Å².